The number of quaternary nitrogens is 1. The maximum absolute atomic E-state index is 13.4. The number of aliphatic imine (C=N–C) groups is 1. The lowest BCUT2D eigenvalue weighted by Crippen LogP contribution is -2.61. The first kappa shape index (κ1) is 43.1. The van der Waals surface area contributed by atoms with Crippen molar-refractivity contribution >= 4 is 41.8 Å². The van der Waals surface area contributed by atoms with E-state index in [-0.39, 0.29) is 31.8 Å². The summed E-state index contributed by atoms with van der Waals surface area (Å²) in [6.07, 6.45) is -0.478. The molecule has 8 atom stereocenters. The molecule has 0 aromatic rings. The Morgan fingerprint density at radius 2 is 1.26 bits per heavy atom. The fourth-order valence-electron chi connectivity index (χ4n) is 4.14. The van der Waals surface area contributed by atoms with E-state index in [0.29, 0.717) is 23.6 Å². The number of hydrogen-bond acceptors (Lipinski definition) is 10. The van der Waals surface area contributed by atoms with Crippen LogP contribution in [0.4, 0.5) is 0 Å². The van der Waals surface area contributed by atoms with E-state index in [1.807, 2.05) is 21.1 Å². The van der Waals surface area contributed by atoms with Crippen molar-refractivity contribution in [2.75, 3.05) is 34.2 Å². The minimum Gasteiger partial charge on any atom is -0.391 e. The van der Waals surface area contributed by atoms with Gasteiger partial charge < -0.3 is 63.3 Å². The quantitative estimate of drug-likeness (QED) is 0.0172. The lowest BCUT2D eigenvalue weighted by molar-refractivity contribution is -0.870. The van der Waals surface area contributed by atoms with E-state index in [1.54, 1.807) is 0 Å². The molecule has 5 amide bonds. The molecule has 0 saturated heterocycles. The summed E-state index contributed by atoms with van der Waals surface area (Å²) in [5, 5.41) is 32.5. The number of aldehydes is 1. The normalized spacial score (nSPS) is 16.5. The predicted octanol–water partition coefficient (Wildman–Crippen LogP) is -4.33. The number of aliphatic hydroxyl groups excluding tert-OH is 2. The zero-order chi connectivity index (χ0) is 36.5. The van der Waals surface area contributed by atoms with Gasteiger partial charge in [0.15, 0.2) is 5.96 Å². The van der Waals surface area contributed by atoms with Crippen LogP contribution in [-0.4, -0.2) is 139 Å². The molecule has 0 aliphatic rings. The molecule has 0 aromatic carbocycles. The van der Waals surface area contributed by atoms with Gasteiger partial charge in [-0.15, -0.1) is 0 Å². The van der Waals surface area contributed by atoms with E-state index >= 15 is 0 Å². The SMILES string of the molecule is C[C@H](N)C(=O)N[C@@H](CCCN=C(N)N)C(=O)N[C@H](C(=O)N[C@@H](CCCC[N+](C)(C)C)C(=O)N[C@@H](C)C(=O)N[C@H](C=O)[C@@H](C)O)[C@@H](C)O. The Balaban J connectivity index is 5.91. The molecule has 0 heterocycles. The third-order valence-electron chi connectivity index (χ3n) is 6.99. The molecule has 0 fully saturated rings. The highest BCUT2D eigenvalue weighted by Crippen LogP contribution is 2.08. The molecule has 0 unspecified atom stereocenters. The lowest BCUT2D eigenvalue weighted by Gasteiger charge is -2.28. The highest BCUT2D eigenvalue weighted by atomic mass is 16.3. The largest absolute Gasteiger partial charge is 0.391 e. The van der Waals surface area contributed by atoms with Crippen molar-refractivity contribution in [3.8, 4) is 0 Å². The fraction of sp³-hybridized carbons (Fsp3) is 0.759. The Morgan fingerprint density at radius 1 is 0.723 bits per heavy atom. The van der Waals surface area contributed by atoms with Gasteiger partial charge in [0.05, 0.1) is 45.9 Å². The molecule has 13 N–H and O–H groups in total. The van der Waals surface area contributed by atoms with Gasteiger partial charge in [-0.05, 0) is 59.8 Å². The van der Waals surface area contributed by atoms with Gasteiger partial charge in [0.2, 0.25) is 29.5 Å². The third-order valence-corrected chi connectivity index (χ3v) is 6.99. The van der Waals surface area contributed by atoms with Crippen molar-refractivity contribution < 1.29 is 43.5 Å². The van der Waals surface area contributed by atoms with E-state index in [1.165, 1.54) is 27.7 Å². The van der Waals surface area contributed by atoms with E-state index < -0.39 is 78.0 Å². The monoisotopic (exact) mass is 673 g/mol. The number of amides is 5. The number of nitrogens with one attached hydrogen (secondary N) is 5. The second-order valence-corrected chi connectivity index (χ2v) is 12.7. The second-order valence-electron chi connectivity index (χ2n) is 12.7. The van der Waals surface area contributed by atoms with Crippen LogP contribution in [0.15, 0.2) is 4.99 Å². The van der Waals surface area contributed by atoms with Crippen LogP contribution in [0.5, 0.6) is 0 Å². The Bertz CT molecular complexity index is 1070. The minimum atomic E-state index is -1.53. The summed E-state index contributed by atoms with van der Waals surface area (Å²) in [5.41, 5.74) is 16.3. The molecule has 47 heavy (non-hydrogen) atoms. The van der Waals surface area contributed by atoms with E-state index in [4.69, 9.17) is 17.2 Å². The van der Waals surface area contributed by atoms with E-state index in [0.717, 1.165) is 6.54 Å². The summed E-state index contributed by atoms with van der Waals surface area (Å²) in [5.74, 6) is -3.90. The zero-order valence-corrected chi connectivity index (χ0v) is 28.6. The van der Waals surface area contributed by atoms with Gasteiger partial charge in [-0.25, -0.2) is 0 Å². The molecule has 18 nitrogen and oxygen atoms in total. The van der Waals surface area contributed by atoms with Crippen molar-refractivity contribution in [1.29, 1.82) is 0 Å². The molecule has 0 aromatic heterocycles. The lowest BCUT2D eigenvalue weighted by atomic mass is 10.0. The van der Waals surface area contributed by atoms with Crippen LogP contribution in [0.1, 0.15) is 59.8 Å². The number of aliphatic hydroxyl groups is 2. The first-order chi connectivity index (χ1) is 21.7. The number of rotatable bonds is 22. The summed E-state index contributed by atoms with van der Waals surface area (Å²) < 4.78 is 0.671. The summed E-state index contributed by atoms with van der Waals surface area (Å²) in [4.78, 5) is 79.9. The molecule has 0 aliphatic carbocycles. The first-order valence-corrected chi connectivity index (χ1v) is 15.6. The highest BCUT2D eigenvalue weighted by Gasteiger charge is 2.33. The van der Waals surface area contributed by atoms with Crippen molar-refractivity contribution in [3.63, 3.8) is 0 Å². The minimum absolute atomic E-state index is 0.0759. The Hall–Kier alpha value is -3.87. The van der Waals surface area contributed by atoms with Crippen molar-refractivity contribution in [2.45, 2.75) is 108 Å². The number of unbranched alkanes of at least 4 members (excludes halogenated alkanes) is 1. The molecule has 0 spiro atoms. The van der Waals surface area contributed by atoms with Crippen LogP contribution in [0.3, 0.4) is 0 Å². The number of nitrogens with zero attached hydrogens (tertiary/aromatic N) is 2. The van der Waals surface area contributed by atoms with Gasteiger partial charge in [-0.1, -0.05) is 0 Å². The predicted molar refractivity (Wildman–Crippen MR) is 175 cm³/mol. The van der Waals surface area contributed by atoms with Crippen LogP contribution < -0.4 is 43.8 Å². The number of carbonyl (C=O) groups is 6. The molecular weight excluding hydrogens is 616 g/mol. The first-order valence-electron chi connectivity index (χ1n) is 15.6. The molecule has 270 valence electrons. The van der Waals surface area contributed by atoms with Gasteiger partial charge >= 0.3 is 0 Å². The van der Waals surface area contributed by atoms with Crippen LogP contribution in [-0.2, 0) is 28.8 Å². The van der Waals surface area contributed by atoms with E-state index in [9.17, 15) is 39.0 Å². The molecular formula is C29H57N10O8+. The fourth-order valence-corrected chi connectivity index (χ4v) is 4.14. The second kappa shape index (κ2) is 21.1. The molecule has 18 heteroatoms. The maximum Gasteiger partial charge on any atom is 0.245 e. The smallest absolute Gasteiger partial charge is 0.245 e. The molecule has 0 aliphatic heterocycles. The number of carbonyl (C=O) groups excluding carboxylic acids is 6. The average molecular weight is 674 g/mol. The maximum atomic E-state index is 13.4. The van der Waals surface area contributed by atoms with Gasteiger partial charge in [0, 0.05) is 6.54 Å². The summed E-state index contributed by atoms with van der Waals surface area (Å²) in [6.45, 7) is 6.33. The van der Waals surface area contributed by atoms with Gasteiger partial charge in [0.1, 0.15) is 36.5 Å². The Kier molecular flexibility index (Phi) is 19.4. The van der Waals surface area contributed by atoms with Crippen molar-refractivity contribution in [2.24, 2.45) is 22.2 Å². The van der Waals surface area contributed by atoms with Gasteiger partial charge in [0.25, 0.3) is 0 Å². The Labute approximate surface area is 276 Å². The van der Waals surface area contributed by atoms with Crippen LogP contribution >= 0.6 is 0 Å². The molecule has 0 radical (unpaired) electrons. The number of guanidine groups is 1. The van der Waals surface area contributed by atoms with Crippen molar-refractivity contribution in [3.05, 3.63) is 0 Å². The molecule has 0 rings (SSSR count). The van der Waals surface area contributed by atoms with Crippen molar-refractivity contribution in [1.82, 2.24) is 26.6 Å². The topological polar surface area (TPSA) is 293 Å². The highest BCUT2D eigenvalue weighted by molar-refractivity contribution is 5.96. The van der Waals surface area contributed by atoms with Crippen LogP contribution in [0.25, 0.3) is 0 Å². The molecule has 0 saturated carbocycles. The number of nitrogens with two attached hydrogens (primary N) is 3. The summed E-state index contributed by atoms with van der Waals surface area (Å²) in [6, 6.07) is -7.11. The summed E-state index contributed by atoms with van der Waals surface area (Å²) in [7, 11) is 6.02. The zero-order valence-electron chi connectivity index (χ0n) is 28.6. The number of hydrogen-bond donors (Lipinski definition) is 10. The third kappa shape index (κ3) is 18.2. The van der Waals surface area contributed by atoms with Crippen LogP contribution in [0, 0.1) is 0 Å². The summed E-state index contributed by atoms with van der Waals surface area (Å²) >= 11 is 0. The van der Waals surface area contributed by atoms with Gasteiger partial charge in [-0.3, -0.25) is 29.0 Å². The van der Waals surface area contributed by atoms with Gasteiger partial charge in [-0.2, -0.15) is 0 Å². The van der Waals surface area contributed by atoms with E-state index in [2.05, 4.69) is 31.6 Å². The Morgan fingerprint density at radius 3 is 1.72 bits per heavy atom. The van der Waals surface area contributed by atoms with Crippen LogP contribution in [0.2, 0.25) is 0 Å². The molecule has 0 bridgehead atoms. The average Bonchev–Trinajstić information content (AvgIpc) is 2.95. The standard InChI is InChI=1S/C29H56N10O8/c1-16(30)24(43)35-21(12-10-13-33-29(31)32)27(46)38-23(19(4)42)28(47)36-20(11-8-9-14-39(5,6)7)26(45)34-17(2)25(44)37-22(15-40)18(3)41/h15-23,41-42H,8-14,30H2,1-7H3,(H8-,31,32,33,34,35,36,37,38,43,44,45,46,47)/p+1/t16-,17-,18+,19+,20-,21-,22+,23-/m0/s1.